The number of aromatic nitrogens is 2. The van der Waals surface area contributed by atoms with E-state index in [1.54, 1.807) is 12.4 Å². The zero-order chi connectivity index (χ0) is 24.0. The van der Waals surface area contributed by atoms with E-state index < -0.39 is 0 Å². The predicted octanol–water partition coefficient (Wildman–Crippen LogP) is 6.04. The van der Waals surface area contributed by atoms with Gasteiger partial charge in [-0.3, -0.25) is 14.8 Å². The van der Waals surface area contributed by atoms with E-state index in [-0.39, 0.29) is 5.91 Å². The van der Waals surface area contributed by atoms with Crippen molar-refractivity contribution in [1.29, 1.82) is 0 Å². The lowest BCUT2D eigenvalue weighted by Gasteiger charge is -2.22. The number of pyridine rings is 2. The highest BCUT2D eigenvalue weighted by Gasteiger charge is 2.23. The quantitative estimate of drug-likeness (QED) is 0.378. The van der Waals surface area contributed by atoms with E-state index in [1.165, 1.54) is 16.3 Å². The van der Waals surface area contributed by atoms with Gasteiger partial charge in [0.15, 0.2) is 0 Å². The van der Waals surface area contributed by atoms with E-state index in [1.807, 2.05) is 47.6 Å². The van der Waals surface area contributed by atoms with Gasteiger partial charge in [0.2, 0.25) is 0 Å². The van der Waals surface area contributed by atoms with Gasteiger partial charge in [-0.15, -0.1) is 0 Å². The number of nitrogens with one attached hydrogen (secondary N) is 1. The van der Waals surface area contributed by atoms with E-state index in [0.29, 0.717) is 12.5 Å². The molecule has 0 radical (unpaired) electrons. The first-order valence-electron chi connectivity index (χ1n) is 12.5. The molecular formula is C30H32N4O. The van der Waals surface area contributed by atoms with E-state index in [2.05, 4.69) is 46.5 Å². The number of hydrogen-bond donors (Lipinski definition) is 1. The molecule has 1 aliphatic rings. The third kappa shape index (κ3) is 5.51. The van der Waals surface area contributed by atoms with Crippen molar-refractivity contribution in [3.63, 3.8) is 0 Å². The molecule has 1 amide bonds. The minimum atomic E-state index is 0.129. The fraction of sp³-hybridized carbons (Fsp3) is 0.300. The van der Waals surface area contributed by atoms with Gasteiger partial charge >= 0.3 is 0 Å². The van der Waals surface area contributed by atoms with Crippen LogP contribution < -0.4 is 5.32 Å². The average molecular weight is 465 g/mol. The number of benzene rings is 2. The molecule has 178 valence electrons. The van der Waals surface area contributed by atoms with Crippen molar-refractivity contribution in [2.75, 3.05) is 18.4 Å². The van der Waals surface area contributed by atoms with Crippen LogP contribution in [0.5, 0.6) is 0 Å². The predicted molar refractivity (Wildman–Crippen MR) is 141 cm³/mol. The zero-order valence-electron chi connectivity index (χ0n) is 20.3. The molecule has 0 unspecified atom stereocenters. The summed E-state index contributed by atoms with van der Waals surface area (Å²) in [5.74, 6) is 0.695. The summed E-state index contributed by atoms with van der Waals surface area (Å²) in [5.41, 5.74) is 5.37. The Hall–Kier alpha value is -3.73. The van der Waals surface area contributed by atoms with Gasteiger partial charge in [-0.1, -0.05) is 30.3 Å². The number of amides is 1. The molecule has 2 aromatic carbocycles. The number of nitrogens with zero attached hydrogens (tertiary/aromatic N) is 3. The molecule has 35 heavy (non-hydrogen) atoms. The van der Waals surface area contributed by atoms with Crippen molar-refractivity contribution in [2.45, 2.75) is 39.2 Å². The number of rotatable bonds is 6. The fourth-order valence-electron chi connectivity index (χ4n) is 5.05. The van der Waals surface area contributed by atoms with Crippen molar-refractivity contribution in [3.8, 4) is 0 Å². The van der Waals surface area contributed by atoms with Crippen LogP contribution in [0, 0.1) is 12.8 Å². The second kappa shape index (κ2) is 10.7. The van der Waals surface area contributed by atoms with E-state index in [4.69, 9.17) is 0 Å². The molecule has 0 spiro atoms. The summed E-state index contributed by atoms with van der Waals surface area (Å²) in [5, 5.41) is 5.98. The lowest BCUT2D eigenvalue weighted by molar-refractivity contribution is 0.0760. The van der Waals surface area contributed by atoms with Crippen molar-refractivity contribution in [3.05, 3.63) is 102 Å². The first-order chi connectivity index (χ1) is 17.2. The number of anilines is 1. The van der Waals surface area contributed by atoms with Gasteiger partial charge in [-0.25, -0.2) is 0 Å². The number of hydrogen-bond acceptors (Lipinski definition) is 4. The molecule has 0 aliphatic carbocycles. The molecule has 1 saturated heterocycles. The largest absolute Gasteiger partial charge is 0.381 e. The van der Waals surface area contributed by atoms with Crippen molar-refractivity contribution < 1.29 is 4.79 Å². The first-order valence-corrected chi connectivity index (χ1v) is 12.5. The number of carbonyl (C=O) groups excluding carboxylic acids is 1. The summed E-state index contributed by atoms with van der Waals surface area (Å²) in [4.78, 5) is 24.0. The molecule has 5 rings (SSSR count). The Labute approximate surface area is 207 Å². The second-order valence-corrected chi connectivity index (χ2v) is 9.55. The Bertz CT molecular complexity index is 1300. The van der Waals surface area contributed by atoms with Crippen LogP contribution >= 0.6 is 0 Å². The molecule has 1 atom stereocenters. The summed E-state index contributed by atoms with van der Waals surface area (Å²) >= 11 is 0. The van der Waals surface area contributed by atoms with Crippen LogP contribution in [0.15, 0.2) is 79.4 Å². The molecular weight excluding hydrogens is 432 g/mol. The smallest absolute Gasteiger partial charge is 0.253 e. The second-order valence-electron chi connectivity index (χ2n) is 9.55. The Morgan fingerprint density at radius 3 is 2.74 bits per heavy atom. The number of aryl methyl sites for hydroxylation is 1. The summed E-state index contributed by atoms with van der Waals surface area (Å²) in [6, 6.07) is 18.5. The molecule has 1 aliphatic heterocycles. The Balaban J connectivity index is 1.23. The summed E-state index contributed by atoms with van der Waals surface area (Å²) in [7, 11) is 0. The van der Waals surface area contributed by atoms with Gasteiger partial charge in [-0.05, 0) is 84.9 Å². The number of carbonyl (C=O) groups is 1. The molecule has 1 fully saturated rings. The Kier molecular flexibility index (Phi) is 7.03. The van der Waals surface area contributed by atoms with Gasteiger partial charge < -0.3 is 10.2 Å². The van der Waals surface area contributed by atoms with E-state index >= 15 is 0 Å². The zero-order valence-corrected chi connectivity index (χ0v) is 20.3. The maximum absolute atomic E-state index is 13.4. The summed E-state index contributed by atoms with van der Waals surface area (Å²) < 4.78 is 0. The highest BCUT2D eigenvalue weighted by Crippen LogP contribution is 2.27. The van der Waals surface area contributed by atoms with Gasteiger partial charge in [-0.2, -0.15) is 0 Å². The standard InChI is InChI=1S/C30H32N4O/c1-22-8-9-25(18-29(22)33-19-24-10-13-31-14-11-24)30(35)34-15-4-5-23(12-16-34)17-27-21-32-20-26-6-2-3-7-28(26)27/h2-3,6-11,13-14,18,20-21,23,33H,4-5,12,15-17,19H2,1H3/t23-/m0/s1. The van der Waals surface area contributed by atoms with Crippen molar-refractivity contribution >= 4 is 22.4 Å². The van der Waals surface area contributed by atoms with Crippen LogP contribution in [0.3, 0.4) is 0 Å². The van der Waals surface area contributed by atoms with Crippen molar-refractivity contribution in [2.24, 2.45) is 5.92 Å². The topological polar surface area (TPSA) is 58.1 Å². The molecule has 3 heterocycles. The lowest BCUT2D eigenvalue weighted by atomic mass is 9.91. The maximum atomic E-state index is 13.4. The van der Waals surface area contributed by atoms with Crippen LogP contribution in [-0.4, -0.2) is 33.9 Å². The van der Waals surface area contributed by atoms with Gasteiger partial charge in [0.05, 0.1) is 0 Å². The van der Waals surface area contributed by atoms with Gasteiger partial charge in [0.25, 0.3) is 5.91 Å². The molecule has 5 heteroatoms. The average Bonchev–Trinajstić information content (AvgIpc) is 3.14. The monoisotopic (exact) mass is 464 g/mol. The Morgan fingerprint density at radius 1 is 1.00 bits per heavy atom. The van der Waals surface area contributed by atoms with Crippen molar-refractivity contribution in [1.82, 2.24) is 14.9 Å². The first kappa shape index (κ1) is 23.0. The third-order valence-corrected chi connectivity index (χ3v) is 7.11. The number of likely N-dealkylation sites (tertiary alicyclic amines) is 1. The SMILES string of the molecule is Cc1ccc(C(=O)N2CCC[C@H](Cc3cncc4ccccc34)CC2)cc1NCc1ccncc1. The van der Waals surface area contributed by atoms with E-state index in [9.17, 15) is 4.79 Å². The number of fused-ring (bicyclic) bond motifs is 1. The summed E-state index contributed by atoms with van der Waals surface area (Å²) in [6.07, 6.45) is 11.8. The maximum Gasteiger partial charge on any atom is 0.253 e. The molecule has 5 nitrogen and oxygen atoms in total. The highest BCUT2D eigenvalue weighted by atomic mass is 16.2. The molecule has 4 aromatic rings. The van der Waals surface area contributed by atoms with Crippen LogP contribution in [0.4, 0.5) is 5.69 Å². The van der Waals surface area contributed by atoms with Crippen LogP contribution in [0.1, 0.15) is 46.3 Å². The third-order valence-electron chi connectivity index (χ3n) is 7.11. The van der Waals surface area contributed by atoms with Crippen LogP contribution in [-0.2, 0) is 13.0 Å². The molecule has 1 N–H and O–H groups in total. The van der Waals surface area contributed by atoms with Crippen LogP contribution in [0.2, 0.25) is 0 Å². The van der Waals surface area contributed by atoms with Gasteiger partial charge in [0.1, 0.15) is 0 Å². The minimum Gasteiger partial charge on any atom is -0.381 e. The minimum absolute atomic E-state index is 0.129. The summed E-state index contributed by atoms with van der Waals surface area (Å²) in [6.45, 7) is 4.39. The Morgan fingerprint density at radius 2 is 1.86 bits per heavy atom. The molecule has 2 aromatic heterocycles. The fourth-order valence-corrected chi connectivity index (χ4v) is 5.05. The van der Waals surface area contributed by atoms with Crippen LogP contribution in [0.25, 0.3) is 10.8 Å². The molecule has 0 saturated carbocycles. The highest BCUT2D eigenvalue weighted by molar-refractivity contribution is 5.95. The molecule has 0 bridgehead atoms. The lowest BCUT2D eigenvalue weighted by Crippen LogP contribution is -2.32. The van der Waals surface area contributed by atoms with E-state index in [0.717, 1.165) is 61.2 Å². The van der Waals surface area contributed by atoms with Gasteiger partial charge in [0, 0.05) is 61.1 Å². The normalized spacial score (nSPS) is 16.1.